The number of carbonyl (C=O) groups excluding carboxylic acids is 1. The number of nitrogens with one attached hydrogen (secondary N) is 1. The Balaban J connectivity index is 2.15. The number of benzene rings is 1. The molecular weight excluding hydrogens is 300 g/mol. The summed E-state index contributed by atoms with van der Waals surface area (Å²) < 4.78 is 0.890. The SMILES string of the molecule is O=C(O)CC1CN(c2cccc(Br)c2)C(=O)CN1. The van der Waals surface area contributed by atoms with Crippen LogP contribution in [0.25, 0.3) is 0 Å². The van der Waals surface area contributed by atoms with E-state index < -0.39 is 5.97 Å². The van der Waals surface area contributed by atoms with Crippen LogP contribution in [0.5, 0.6) is 0 Å². The molecule has 0 bridgehead atoms. The summed E-state index contributed by atoms with van der Waals surface area (Å²) in [5, 5.41) is 11.7. The highest BCUT2D eigenvalue weighted by atomic mass is 79.9. The lowest BCUT2D eigenvalue weighted by molar-refractivity contribution is -0.138. The largest absolute Gasteiger partial charge is 0.481 e. The molecule has 1 fully saturated rings. The van der Waals surface area contributed by atoms with Crippen molar-refractivity contribution in [1.29, 1.82) is 0 Å². The third-order valence-electron chi connectivity index (χ3n) is 2.79. The van der Waals surface area contributed by atoms with E-state index in [1.54, 1.807) is 4.90 Å². The molecule has 1 atom stereocenters. The van der Waals surface area contributed by atoms with Gasteiger partial charge >= 0.3 is 5.97 Å². The average Bonchev–Trinajstić information content (AvgIpc) is 2.31. The van der Waals surface area contributed by atoms with Crippen molar-refractivity contribution in [3.05, 3.63) is 28.7 Å². The second-order valence-corrected chi connectivity index (χ2v) is 5.08. The van der Waals surface area contributed by atoms with Crippen molar-refractivity contribution in [2.24, 2.45) is 0 Å². The highest BCUT2D eigenvalue weighted by Crippen LogP contribution is 2.21. The Hall–Kier alpha value is -1.40. The zero-order chi connectivity index (χ0) is 13.1. The van der Waals surface area contributed by atoms with Crippen molar-refractivity contribution >= 4 is 33.5 Å². The fourth-order valence-electron chi connectivity index (χ4n) is 1.95. The fraction of sp³-hybridized carbons (Fsp3) is 0.333. The first-order valence-electron chi connectivity index (χ1n) is 5.57. The van der Waals surface area contributed by atoms with Crippen molar-refractivity contribution in [1.82, 2.24) is 5.32 Å². The van der Waals surface area contributed by atoms with Gasteiger partial charge in [-0.2, -0.15) is 0 Å². The minimum Gasteiger partial charge on any atom is -0.481 e. The number of rotatable bonds is 3. The van der Waals surface area contributed by atoms with Gasteiger partial charge in [0.15, 0.2) is 0 Å². The summed E-state index contributed by atoms with van der Waals surface area (Å²) >= 11 is 3.36. The summed E-state index contributed by atoms with van der Waals surface area (Å²) in [5.74, 6) is -0.911. The molecule has 18 heavy (non-hydrogen) atoms. The normalized spacial score (nSPS) is 19.9. The number of amides is 1. The monoisotopic (exact) mass is 312 g/mol. The summed E-state index contributed by atoms with van der Waals surface area (Å²) in [5.41, 5.74) is 0.784. The zero-order valence-corrected chi connectivity index (χ0v) is 11.2. The van der Waals surface area contributed by atoms with Crippen molar-refractivity contribution in [3.8, 4) is 0 Å². The Morgan fingerprint density at radius 1 is 1.56 bits per heavy atom. The number of carboxylic acid groups (broad SMARTS) is 1. The van der Waals surface area contributed by atoms with Gasteiger partial charge in [-0.1, -0.05) is 22.0 Å². The highest BCUT2D eigenvalue weighted by Gasteiger charge is 2.27. The Morgan fingerprint density at radius 3 is 3.00 bits per heavy atom. The maximum Gasteiger partial charge on any atom is 0.304 e. The van der Waals surface area contributed by atoms with Crippen LogP contribution in [0.1, 0.15) is 6.42 Å². The molecule has 1 saturated heterocycles. The maximum atomic E-state index is 11.8. The molecule has 2 rings (SSSR count). The number of carbonyl (C=O) groups is 2. The number of piperazine rings is 1. The summed E-state index contributed by atoms with van der Waals surface area (Å²) in [4.78, 5) is 24.2. The van der Waals surface area contributed by atoms with Gasteiger partial charge in [0.1, 0.15) is 0 Å². The molecule has 1 unspecified atom stereocenters. The number of anilines is 1. The minimum absolute atomic E-state index is 0.0117. The quantitative estimate of drug-likeness (QED) is 0.880. The lowest BCUT2D eigenvalue weighted by Crippen LogP contribution is -2.54. The summed E-state index contributed by atoms with van der Waals surface area (Å²) in [7, 11) is 0. The molecule has 0 aliphatic carbocycles. The van der Waals surface area contributed by atoms with Crippen LogP contribution in [0.3, 0.4) is 0 Å². The van der Waals surface area contributed by atoms with E-state index in [0.717, 1.165) is 10.2 Å². The minimum atomic E-state index is -0.865. The van der Waals surface area contributed by atoms with E-state index in [2.05, 4.69) is 21.2 Å². The predicted octanol–water partition coefficient (Wildman–Crippen LogP) is 1.23. The van der Waals surface area contributed by atoms with Crippen LogP contribution in [0, 0.1) is 0 Å². The van der Waals surface area contributed by atoms with Gasteiger partial charge in [0.25, 0.3) is 0 Å². The first kappa shape index (κ1) is 13.0. The fourth-order valence-corrected chi connectivity index (χ4v) is 2.34. The van der Waals surface area contributed by atoms with Gasteiger partial charge in [-0.25, -0.2) is 0 Å². The smallest absolute Gasteiger partial charge is 0.304 e. The molecule has 1 aromatic rings. The Labute approximate surface area is 113 Å². The van der Waals surface area contributed by atoms with Gasteiger partial charge in [0.2, 0.25) is 5.91 Å². The molecule has 6 heteroatoms. The lowest BCUT2D eigenvalue weighted by atomic mass is 10.1. The van der Waals surface area contributed by atoms with Gasteiger partial charge in [-0.3, -0.25) is 9.59 Å². The second-order valence-electron chi connectivity index (χ2n) is 4.16. The third-order valence-corrected chi connectivity index (χ3v) is 3.28. The maximum absolute atomic E-state index is 11.8. The number of carboxylic acids is 1. The standard InChI is InChI=1S/C12H13BrN2O3/c13-8-2-1-3-10(4-8)15-7-9(5-12(17)18)14-6-11(15)16/h1-4,9,14H,5-7H2,(H,17,18). The van der Waals surface area contributed by atoms with E-state index in [9.17, 15) is 9.59 Å². The molecule has 0 radical (unpaired) electrons. The molecule has 5 nitrogen and oxygen atoms in total. The molecular formula is C12H13BrN2O3. The summed E-state index contributed by atoms with van der Waals surface area (Å²) in [6.07, 6.45) is 0.0117. The number of hydrogen-bond donors (Lipinski definition) is 2. The molecule has 2 N–H and O–H groups in total. The number of aliphatic carboxylic acids is 1. The Kier molecular flexibility index (Phi) is 3.98. The lowest BCUT2D eigenvalue weighted by Gasteiger charge is -2.33. The Bertz CT molecular complexity index is 478. The topological polar surface area (TPSA) is 69.6 Å². The highest BCUT2D eigenvalue weighted by molar-refractivity contribution is 9.10. The van der Waals surface area contributed by atoms with Crippen LogP contribution in [0.4, 0.5) is 5.69 Å². The van der Waals surface area contributed by atoms with Gasteiger partial charge in [-0.05, 0) is 18.2 Å². The first-order chi connectivity index (χ1) is 8.56. The van der Waals surface area contributed by atoms with E-state index in [4.69, 9.17) is 5.11 Å². The molecule has 96 valence electrons. The van der Waals surface area contributed by atoms with Gasteiger partial charge in [0.05, 0.1) is 13.0 Å². The van der Waals surface area contributed by atoms with Crippen molar-refractivity contribution < 1.29 is 14.7 Å². The third kappa shape index (κ3) is 3.08. The van der Waals surface area contributed by atoms with Crippen LogP contribution in [-0.4, -0.2) is 36.1 Å². The van der Waals surface area contributed by atoms with Crippen LogP contribution < -0.4 is 10.2 Å². The van der Waals surface area contributed by atoms with E-state index in [-0.39, 0.29) is 24.9 Å². The van der Waals surface area contributed by atoms with E-state index in [1.165, 1.54) is 0 Å². The van der Waals surface area contributed by atoms with Crippen LogP contribution in [0.15, 0.2) is 28.7 Å². The van der Waals surface area contributed by atoms with Crippen molar-refractivity contribution in [3.63, 3.8) is 0 Å². The second kappa shape index (κ2) is 5.49. The van der Waals surface area contributed by atoms with Crippen LogP contribution in [-0.2, 0) is 9.59 Å². The molecule has 1 aliphatic heterocycles. The number of hydrogen-bond acceptors (Lipinski definition) is 3. The predicted molar refractivity (Wildman–Crippen MR) is 70.5 cm³/mol. The summed E-state index contributed by atoms with van der Waals surface area (Å²) in [6.45, 7) is 0.548. The van der Waals surface area contributed by atoms with E-state index in [0.29, 0.717) is 6.54 Å². The zero-order valence-electron chi connectivity index (χ0n) is 9.60. The number of nitrogens with zero attached hydrogens (tertiary/aromatic N) is 1. The van der Waals surface area contributed by atoms with Crippen LogP contribution in [0.2, 0.25) is 0 Å². The number of halogens is 1. The first-order valence-corrected chi connectivity index (χ1v) is 6.36. The molecule has 1 amide bonds. The van der Waals surface area contributed by atoms with E-state index in [1.807, 2.05) is 24.3 Å². The van der Waals surface area contributed by atoms with Gasteiger partial charge in [-0.15, -0.1) is 0 Å². The molecule has 0 saturated carbocycles. The van der Waals surface area contributed by atoms with Crippen LogP contribution >= 0.6 is 15.9 Å². The average molecular weight is 313 g/mol. The summed E-state index contributed by atoms with van der Waals surface area (Å²) in [6, 6.07) is 7.21. The van der Waals surface area contributed by atoms with E-state index >= 15 is 0 Å². The molecule has 0 aromatic heterocycles. The molecule has 1 heterocycles. The van der Waals surface area contributed by atoms with Crippen molar-refractivity contribution in [2.45, 2.75) is 12.5 Å². The van der Waals surface area contributed by atoms with Gasteiger partial charge < -0.3 is 15.3 Å². The van der Waals surface area contributed by atoms with Crippen molar-refractivity contribution in [2.75, 3.05) is 18.0 Å². The molecule has 1 aromatic carbocycles. The molecule has 0 spiro atoms. The Morgan fingerprint density at radius 2 is 2.33 bits per heavy atom. The molecule has 1 aliphatic rings. The van der Waals surface area contributed by atoms with Gasteiger partial charge in [0, 0.05) is 22.7 Å².